The first-order valence-corrected chi connectivity index (χ1v) is 11.3. The molecule has 0 saturated carbocycles. The van der Waals surface area contributed by atoms with Crippen molar-refractivity contribution in [3.8, 4) is 0 Å². The second kappa shape index (κ2) is 10.2. The summed E-state index contributed by atoms with van der Waals surface area (Å²) < 4.78 is 7.03. The van der Waals surface area contributed by atoms with E-state index in [4.69, 9.17) is 10.5 Å². The van der Waals surface area contributed by atoms with Gasteiger partial charge < -0.3 is 25.8 Å². The number of nitrogen functional groups attached to an aromatic ring is 1. The van der Waals surface area contributed by atoms with Crippen LogP contribution in [-0.4, -0.2) is 66.0 Å². The maximum absolute atomic E-state index is 10.4. The van der Waals surface area contributed by atoms with Crippen LogP contribution in [-0.2, 0) is 4.74 Å². The number of nitrogens with two attached hydrogens (primary N) is 1. The first-order valence-electron chi connectivity index (χ1n) is 11.3. The third-order valence-electron chi connectivity index (χ3n) is 5.89. The third kappa shape index (κ3) is 4.55. The van der Waals surface area contributed by atoms with Crippen molar-refractivity contribution in [2.75, 3.05) is 17.8 Å². The largest absolute Gasteiger partial charge is 0.394 e. The fourth-order valence-corrected chi connectivity index (χ4v) is 4.09. The number of ether oxygens (including phenoxy) is 1. The topological polar surface area (TPSA) is 164 Å². The van der Waals surface area contributed by atoms with Crippen molar-refractivity contribution in [1.82, 2.24) is 19.5 Å². The highest BCUT2D eigenvalue weighted by molar-refractivity contribution is 5.91. The Hall–Kier alpha value is -4.16. The number of rotatable bonds is 7. The van der Waals surface area contributed by atoms with Crippen LogP contribution in [0.1, 0.15) is 17.4 Å². The van der Waals surface area contributed by atoms with E-state index >= 15 is 0 Å². The molecule has 11 heteroatoms. The molecule has 0 aliphatic carbocycles. The van der Waals surface area contributed by atoms with Gasteiger partial charge in [0.05, 0.1) is 12.9 Å². The molecule has 184 valence electrons. The molecule has 1 saturated heterocycles. The van der Waals surface area contributed by atoms with Crippen molar-refractivity contribution in [3.63, 3.8) is 0 Å². The number of nitrogens with zero attached hydrogens (tertiary/aromatic N) is 5. The Morgan fingerprint density at radius 1 is 1.03 bits per heavy atom. The molecule has 1 aliphatic rings. The number of aliphatic hydroxyl groups is 3. The maximum Gasteiger partial charge on any atom is 0.247 e. The molecule has 6 N–H and O–H groups in total. The normalized spacial score (nSPS) is 21.8. The molecule has 2 aromatic carbocycles. The summed E-state index contributed by atoms with van der Waals surface area (Å²) in [6, 6.07) is 19.9. The minimum absolute atomic E-state index is 0.105. The highest BCUT2D eigenvalue weighted by Gasteiger charge is 2.44. The van der Waals surface area contributed by atoms with Crippen LogP contribution >= 0.6 is 0 Å². The summed E-state index contributed by atoms with van der Waals surface area (Å²) in [6.07, 6.45) is 0.385. The van der Waals surface area contributed by atoms with Gasteiger partial charge in [0.25, 0.3) is 0 Å². The summed E-state index contributed by atoms with van der Waals surface area (Å²) in [7, 11) is 0. The smallest absolute Gasteiger partial charge is 0.247 e. The summed E-state index contributed by atoms with van der Waals surface area (Å²) in [5, 5.41) is 34.1. The van der Waals surface area contributed by atoms with Crippen LogP contribution in [0.3, 0.4) is 0 Å². The van der Waals surface area contributed by atoms with Crippen molar-refractivity contribution in [1.29, 1.82) is 0 Å². The van der Waals surface area contributed by atoms with Crippen molar-refractivity contribution in [2.45, 2.75) is 24.5 Å². The number of hydrogen-bond donors (Lipinski definition) is 5. The van der Waals surface area contributed by atoms with Crippen LogP contribution in [0, 0.1) is 0 Å². The SMILES string of the molecule is Nc1nc(N/N=C/C=C(c2ccccc2)c2ccccc2)nc2c1ncn2C1OC(CO)C(O)C1O. The summed E-state index contributed by atoms with van der Waals surface area (Å²) >= 11 is 0. The van der Waals surface area contributed by atoms with Gasteiger partial charge in [-0.05, 0) is 22.8 Å². The van der Waals surface area contributed by atoms with Gasteiger partial charge >= 0.3 is 0 Å². The molecule has 4 unspecified atom stereocenters. The van der Waals surface area contributed by atoms with Crippen LogP contribution in [0.2, 0.25) is 0 Å². The second-order valence-corrected chi connectivity index (χ2v) is 8.19. The molecule has 1 fully saturated rings. The molecule has 11 nitrogen and oxygen atoms in total. The molecule has 1 aliphatic heterocycles. The standard InChI is InChI=1S/C25H25N7O4/c26-22-19-23(32(14-27-19)24-21(35)20(34)18(13-33)36-24)30-25(29-22)31-28-12-11-17(15-7-3-1-4-8-15)16-9-5-2-6-10-16/h1-12,14,18,20-21,24,33-35H,13H2,(H3,26,29,30,31)/b28-12+. The number of fused-ring (bicyclic) bond motifs is 1. The van der Waals surface area contributed by atoms with Crippen molar-refractivity contribution >= 4 is 34.7 Å². The minimum atomic E-state index is -1.29. The number of hydrogen-bond acceptors (Lipinski definition) is 10. The molecule has 36 heavy (non-hydrogen) atoms. The van der Waals surface area contributed by atoms with Gasteiger partial charge in [-0.1, -0.05) is 60.7 Å². The monoisotopic (exact) mass is 487 g/mol. The van der Waals surface area contributed by atoms with Gasteiger partial charge in [-0.2, -0.15) is 15.1 Å². The van der Waals surface area contributed by atoms with Gasteiger partial charge in [-0.25, -0.2) is 10.4 Å². The average Bonchev–Trinajstić information content (AvgIpc) is 3.46. The lowest BCUT2D eigenvalue weighted by atomic mass is 9.98. The summed E-state index contributed by atoms with van der Waals surface area (Å²) in [6.45, 7) is -0.443. The molecular weight excluding hydrogens is 462 g/mol. The van der Waals surface area contributed by atoms with Crippen LogP contribution in [0.5, 0.6) is 0 Å². The lowest BCUT2D eigenvalue weighted by Crippen LogP contribution is -2.33. The van der Waals surface area contributed by atoms with Gasteiger partial charge in [-0.3, -0.25) is 4.57 Å². The minimum Gasteiger partial charge on any atom is -0.394 e. The average molecular weight is 488 g/mol. The van der Waals surface area contributed by atoms with Crippen molar-refractivity contribution < 1.29 is 20.1 Å². The van der Waals surface area contributed by atoms with E-state index in [1.807, 2.05) is 66.7 Å². The number of hydrazone groups is 1. The molecule has 0 spiro atoms. The van der Waals surface area contributed by atoms with E-state index in [0.717, 1.165) is 16.7 Å². The first-order chi connectivity index (χ1) is 17.6. The predicted molar refractivity (Wildman–Crippen MR) is 135 cm³/mol. The molecule has 4 aromatic rings. The first kappa shape index (κ1) is 23.6. The molecule has 0 radical (unpaired) electrons. The molecule has 3 heterocycles. The molecule has 2 aromatic heterocycles. The highest BCUT2D eigenvalue weighted by Crippen LogP contribution is 2.32. The number of allylic oxidation sites excluding steroid dienone is 1. The van der Waals surface area contributed by atoms with E-state index in [1.54, 1.807) is 6.21 Å². The quantitative estimate of drug-likeness (QED) is 0.192. The predicted octanol–water partition coefficient (Wildman–Crippen LogP) is 1.55. The second-order valence-electron chi connectivity index (χ2n) is 8.19. The number of imidazole rings is 1. The van der Waals surface area contributed by atoms with Gasteiger partial charge in [0, 0.05) is 6.21 Å². The Morgan fingerprint density at radius 3 is 2.31 bits per heavy atom. The number of anilines is 2. The lowest BCUT2D eigenvalue weighted by Gasteiger charge is -2.16. The summed E-state index contributed by atoms with van der Waals surface area (Å²) in [5.41, 5.74) is 12.5. The van der Waals surface area contributed by atoms with E-state index < -0.39 is 31.1 Å². The Labute approximate surface area is 206 Å². The van der Waals surface area contributed by atoms with E-state index in [1.165, 1.54) is 10.9 Å². The molecule has 0 amide bonds. The van der Waals surface area contributed by atoms with Crippen molar-refractivity contribution in [2.24, 2.45) is 5.10 Å². The molecule has 4 atom stereocenters. The van der Waals surface area contributed by atoms with E-state index in [-0.39, 0.29) is 17.4 Å². The van der Waals surface area contributed by atoms with Crippen LogP contribution < -0.4 is 11.2 Å². The summed E-state index contributed by atoms with van der Waals surface area (Å²) in [4.78, 5) is 12.8. The number of nitrogens with one attached hydrogen (secondary N) is 1. The zero-order valence-electron chi connectivity index (χ0n) is 19.1. The Balaban J connectivity index is 1.41. The molecule has 5 rings (SSSR count). The Bertz CT molecular complexity index is 1350. The maximum atomic E-state index is 10.4. The highest BCUT2D eigenvalue weighted by atomic mass is 16.6. The molecular formula is C25H25N7O4. The van der Waals surface area contributed by atoms with Gasteiger partial charge in [-0.15, -0.1) is 0 Å². The Morgan fingerprint density at radius 2 is 1.69 bits per heavy atom. The zero-order valence-corrected chi connectivity index (χ0v) is 19.1. The van der Waals surface area contributed by atoms with Crippen LogP contribution in [0.4, 0.5) is 11.8 Å². The fourth-order valence-electron chi connectivity index (χ4n) is 4.09. The zero-order chi connectivity index (χ0) is 25.1. The molecule has 0 bridgehead atoms. The van der Waals surface area contributed by atoms with E-state index in [9.17, 15) is 15.3 Å². The lowest BCUT2D eigenvalue weighted by molar-refractivity contribution is -0.0511. The van der Waals surface area contributed by atoms with E-state index in [0.29, 0.717) is 5.52 Å². The number of aromatic nitrogens is 4. The van der Waals surface area contributed by atoms with Gasteiger partial charge in [0.15, 0.2) is 17.7 Å². The van der Waals surface area contributed by atoms with Crippen molar-refractivity contribution in [3.05, 3.63) is 84.2 Å². The Kier molecular flexibility index (Phi) is 6.69. The van der Waals surface area contributed by atoms with Gasteiger partial charge in [0.2, 0.25) is 5.95 Å². The summed E-state index contributed by atoms with van der Waals surface area (Å²) in [5.74, 6) is 0.215. The number of benzene rings is 2. The van der Waals surface area contributed by atoms with Gasteiger partial charge in [0.1, 0.15) is 23.8 Å². The number of aliphatic hydroxyl groups excluding tert-OH is 3. The third-order valence-corrected chi connectivity index (χ3v) is 5.89. The van der Waals surface area contributed by atoms with Crippen LogP contribution in [0.25, 0.3) is 16.7 Å². The van der Waals surface area contributed by atoms with Crippen LogP contribution in [0.15, 0.2) is 78.2 Å². The fraction of sp³-hybridized carbons (Fsp3) is 0.200. The van der Waals surface area contributed by atoms with E-state index in [2.05, 4.69) is 25.5 Å².